The molecule has 0 amide bonds. The number of benzene rings is 1. The van der Waals surface area contributed by atoms with Crippen molar-refractivity contribution in [3.8, 4) is 11.5 Å². The monoisotopic (exact) mass is 305 g/mol. The molecule has 0 saturated heterocycles. The zero-order valence-electron chi connectivity index (χ0n) is 13.8. The largest absolute Gasteiger partial charge is 0.497 e. The van der Waals surface area contributed by atoms with Gasteiger partial charge in [-0.15, -0.1) is 0 Å². The lowest BCUT2D eigenvalue weighted by Gasteiger charge is -2.11. The van der Waals surface area contributed by atoms with E-state index in [1.54, 1.807) is 7.11 Å². The molecule has 0 bridgehead atoms. The maximum absolute atomic E-state index is 5.69. The molecule has 0 aromatic heterocycles. The molecule has 1 aromatic carbocycles. The van der Waals surface area contributed by atoms with E-state index in [2.05, 4.69) is 29.5 Å². The second kappa shape index (κ2) is 8.51. The van der Waals surface area contributed by atoms with Crippen LogP contribution in [0.3, 0.4) is 0 Å². The van der Waals surface area contributed by atoms with Gasteiger partial charge in [0.05, 0.1) is 13.7 Å². The number of nitrogens with one attached hydrogen (secondary N) is 2. The number of aliphatic imine (C=N–C) groups is 1. The maximum atomic E-state index is 5.69. The van der Waals surface area contributed by atoms with E-state index in [9.17, 15) is 0 Å². The maximum Gasteiger partial charge on any atom is 0.191 e. The van der Waals surface area contributed by atoms with Gasteiger partial charge in [-0.1, -0.05) is 6.92 Å². The summed E-state index contributed by atoms with van der Waals surface area (Å²) in [5.74, 6) is 3.39. The van der Waals surface area contributed by atoms with Crippen LogP contribution in [0.1, 0.15) is 26.7 Å². The Labute approximate surface area is 133 Å². The number of methoxy groups -OCH3 is 1. The van der Waals surface area contributed by atoms with E-state index < -0.39 is 0 Å². The number of ether oxygens (including phenoxy) is 2. The first-order chi connectivity index (χ1) is 10.7. The molecular weight excluding hydrogens is 278 g/mol. The molecule has 1 aromatic rings. The highest BCUT2D eigenvalue weighted by atomic mass is 16.5. The molecule has 0 spiro atoms. The lowest BCUT2D eigenvalue weighted by molar-refractivity contribution is 0.312. The number of hydrogen-bond acceptors (Lipinski definition) is 3. The molecule has 1 aliphatic rings. The predicted octanol–water partition coefficient (Wildman–Crippen LogP) is 2.43. The Morgan fingerprint density at radius 2 is 1.95 bits per heavy atom. The summed E-state index contributed by atoms with van der Waals surface area (Å²) in [4.78, 5) is 4.58. The van der Waals surface area contributed by atoms with Crippen LogP contribution in [-0.4, -0.2) is 38.8 Å². The third-order valence-electron chi connectivity index (χ3n) is 3.68. The molecule has 5 nitrogen and oxygen atoms in total. The van der Waals surface area contributed by atoms with E-state index in [4.69, 9.17) is 9.47 Å². The quantitative estimate of drug-likeness (QED) is 0.440. The fraction of sp³-hybridized carbons (Fsp3) is 0.588. The minimum atomic E-state index is 0.591. The standard InChI is InChI=1S/C17H27N3O2/c1-4-18-17(20-16-12-13(16)2)19-10-5-11-22-15-8-6-14(21-3)7-9-15/h6-9,13,16H,4-5,10-12H2,1-3H3,(H2,18,19,20). The summed E-state index contributed by atoms with van der Waals surface area (Å²) < 4.78 is 10.8. The highest BCUT2D eigenvalue weighted by Gasteiger charge is 2.33. The minimum absolute atomic E-state index is 0.591. The van der Waals surface area contributed by atoms with Crippen LogP contribution in [0.15, 0.2) is 29.3 Å². The van der Waals surface area contributed by atoms with E-state index in [-0.39, 0.29) is 0 Å². The molecule has 2 unspecified atom stereocenters. The molecule has 0 aliphatic heterocycles. The second-order valence-corrected chi connectivity index (χ2v) is 5.60. The summed E-state index contributed by atoms with van der Waals surface area (Å²) in [6, 6.07) is 8.23. The van der Waals surface area contributed by atoms with E-state index in [0.717, 1.165) is 42.9 Å². The summed E-state index contributed by atoms with van der Waals surface area (Å²) in [7, 11) is 1.66. The average molecular weight is 305 g/mol. The Hall–Kier alpha value is -1.91. The molecule has 1 fully saturated rings. The van der Waals surface area contributed by atoms with Gasteiger partial charge in [-0.05, 0) is 43.5 Å². The van der Waals surface area contributed by atoms with Crippen LogP contribution in [-0.2, 0) is 0 Å². The van der Waals surface area contributed by atoms with Gasteiger partial charge in [0.15, 0.2) is 5.96 Å². The van der Waals surface area contributed by atoms with E-state index in [1.807, 2.05) is 24.3 Å². The molecule has 122 valence electrons. The Morgan fingerprint density at radius 1 is 1.27 bits per heavy atom. The first kappa shape index (κ1) is 16.5. The number of rotatable bonds is 8. The Balaban J connectivity index is 1.66. The molecule has 2 N–H and O–H groups in total. The number of nitrogens with zero attached hydrogens (tertiary/aromatic N) is 1. The highest BCUT2D eigenvalue weighted by molar-refractivity contribution is 5.80. The van der Waals surface area contributed by atoms with Gasteiger partial charge in [0.1, 0.15) is 11.5 Å². The molecule has 5 heteroatoms. The summed E-state index contributed by atoms with van der Waals surface area (Å²) in [6.45, 7) is 6.64. The van der Waals surface area contributed by atoms with Crippen LogP contribution in [0.4, 0.5) is 0 Å². The fourth-order valence-corrected chi connectivity index (χ4v) is 2.14. The topological polar surface area (TPSA) is 54.9 Å². The van der Waals surface area contributed by atoms with Crippen LogP contribution in [0.25, 0.3) is 0 Å². The van der Waals surface area contributed by atoms with Gasteiger partial charge >= 0.3 is 0 Å². The van der Waals surface area contributed by atoms with Crippen molar-refractivity contribution in [3.05, 3.63) is 24.3 Å². The van der Waals surface area contributed by atoms with Crippen LogP contribution in [0.5, 0.6) is 11.5 Å². The molecule has 1 saturated carbocycles. The first-order valence-electron chi connectivity index (χ1n) is 8.04. The highest BCUT2D eigenvalue weighted by Crippen LogP contribution is 2.28. The fourth-order valence-electron chi connectivity index (χ4n) is 2.14. The van der Waals surface area contributed by atoms with Crippen molar-refractivity contribution in [1.29, 1.82) is 0 Å². The molecule has 0 radical (unpaired) electrons. The summed E-state index contributed by atoms with van der Waals surface area (Å²) >= 11 is 0. The van der Waals surface area contributed by atoms with E-state index in [0.29, 0.717) is 12.6 Å². The van der Waals surface area contributed by atoms with Crippen molar-refractivity contribution in [2.45, 2.75) is 32.7 Å². The van der Waals surface area contributed by atoms with Crippen molar-refractivity contribution in [2.24, 2.45) is 10.9 Å². The van der Waals surface area contributed by atoms with Crippen molar-refractivity contribution in [3.63, 3.8) is 0 Å². The molecule has 0 heterocycles. The summed E-state index contributed by atoms with van der Waals surface area (Å²) in [5, 5.41) is 6.73. The van der Waals surface area contributed by atoms with Crippen LogP contribution < -0.4 is 20.1 Å². The lowest BCUT2D eigenvalue weighted by atomic mass is 10.3. The van der Waals surface area contributed by atoms with Crippen molar-refractivity contribution >= 4 is 5.96 Å². The van der Waals surface area contributed by atoms with Gasteiger partial charge in [0.2, 0.25) is 0 Å². The van der Waals surface area contributed by atoms with E-state index in [1.165, 1.54) is 6.42 Å². The van der Waals surface area contributed by atoms with Gasteiger partial charge in [0, 0.05) is 25.6 Å². The Bertz CT molecular complexity index is 473. The van der Waals surface area contributed by atoms with Gasteiger partial charge in [-0.3, -0.25) is 4.99 Å². The third-order valence-corrected chi connectivity index (χ3v) is 3.68. The third kappa shape index (κ3) is 5.47. The minimum Gasteiger partial charge on any atom is -0.497 e. The predicted molar refractivity (Wildman–Crippen MR) is 89.8 cm³/mol. The van der Waals surface area contributed by atoms with Crippen LogP contribution in [0, 0.1) is 5.92 Å². The SMILES string of the molecule is CCNC(=NCCCOc1ccc(OC)cc1)NC1CC1C. The molecule has 1 aliphatic carbocycles. The molecular formula is C17H27N3O2. The van der Waals surface area contributed by atoms with Gasteiger partial charge in [0.25, 0.3) is 0 Å². The van der Waals surface area contributed by atoms with Crippen LogP contribution in [0.2, 0.25) is 0 Å². The van der Waals surface area contributed by atoms with Crippen LogP contribution >= 0.6 is 0 Å². The Morgan fingerprint density at radius 3 is 2.55 bits per heavy atom. The van der Waals surface area contributed by atoms with Gasteiger partial charge in [-0.2, -0.15) is 0 Å². The first-order valence-corrected chi connectivity index (χ1v) is 8.04. The normalized spacial score (nSPS) is 20.4. The molecule has 2 atom stereocenters. The Kier molecular flexibility index (Phi) is 6.37. The molecule has 22 heavy (non-hydrogen) atoms. The number of guanidine groups is 1. The summed E-state index contributed by atoms with van der Waals surface area (Å²) in [5.41, 5.74) is 0. The second-order valence-electron chi connectivity index (χ2n) is 5.60. The number of hydrogen-bond donors (Lipinski definition) is 2. The van der Waals surface area contributed by atoms with E-state index >= 15 is 0 Å². The lowest BCUT2D eigenvalue weighted by Crippen LogP contribution is -2.39. The van der Waals surface area contributed by atoms with Gasteiger partial charge in [-0.25, -0.2) is 0 Å². The van der Waals surface area contributed by atoms with Crippen molar-refractivity contribution < 1.29 is 9.47 Å². The van der Waals surface area contributed by atoms with Gasteiger partial charge < -0.3 is 20.1 Å². The molecule has 2 rings (SSSR count). The zero-order valence-corrected chi connectivity index (χ0v) is 13.8. The van der Waals surface area contributed by atoms with Crippen molar-refractivity contribution in [2.75, 3.05) is 26.8 Å². The summed E-state index contributed by atoms with van der Waals surface area (Å²) in [6.07, 6.45) is 2.13. The zero-order chi connectivity index (χ0) is 15.8. The average Bonchev–Trinajstić information content (AvgIpc) is 3.22. The van der Waals surface area contributed by atoms with Crippen molar-refractivity contribution in [1.82, 2.24) is 10.6 Å². The smallest absolute Gasteiger partial charge is 0.191 e.